The number of nitriles is 1. The van der Waals surface area contributed by atoms with Crippen LogP contribution in [0.4, 0.5) is 10.1 Å². The highest BCUT2D eigenvalue weighted by Gasteiger charge is 2.44. The summed E-state index contributed by atoms with van der Waals surface area (Å²) in [7, 11) is 0. The van der Waals surface area contributed by atoms with Crippen molar-refractivity contribution in [2.24, 2.45) is 5.41 Å². The fraction of sp³-hybridized carbons (Fsp3) is 0.385. The number of nitrogens with zero attached hydrogens (tertiary/aromatic N) is 1. The third-order valence-corrected chi connectivity index (χ3v) is 3.66. The minimum Gasteiger partial charge on any atom is -0.323 e. The Bertz CT molecular complexity index is 547. The Morgan fingerprint density at radius 1 is 1.56 bits per heavy atom. The molecule has 0 aromatic heterocycles. The fourth-order valence-electron chi connectivity index (χ4n) is 1.90. The lowest BCUT2D eigenvalue weighted by Gasteiger charge is -2.33. The summed E-state index contributed by atoms with van der Waals surface area (Å²) in [6.07, 6.45) is 1.94. The van der Waals surface area contributed by atoms with Gasteiger partial charge in [-0.25, -0.2) is 4.39 Å². The van der Waals surface area contributed by atoms with Gasteiger partial charge >= 0.3 is 0 Å². The Morgan fingerprint density at radius 2 is 2.22 bits per heavy atom. The Hall–Kier alpha value is -1.60. The quantitative estimate of drug-likeness (QED) is 0.892. The molecule has 1 aliphatic carbocycles. The topological polar surface area (TPSA) is 52.9 Å². The number of rotatable bonds is 2. The minimum atomic E-state index is -0.968. The largest absolute Gasteiger partial charge is 0.323 e. The number of carbonyl (C=O) groups excluding carboxylic acids is 1. The van der Waals surface area contributed by atoms with E-state index >= 15 is 0 Å². The molecule has 5 heteroatoms. The monoisotopic (exact) mass is 266 g/mol. The Balaban J connectivity index is 2.22. The molecule has 0 bridgehead atoms. The molecule has 94 valence electrons. The summed E-state index contributed by atoms with van der Waals surface area (Å²) in [6.45, 7) is 1.59. The van der Waals surface area contributed by atoms with Crippen LogP contribution >= 0.6 is 11.6 Å². The molecule has 0 saturated heterocycles. The minimum absolute atomic E-state index is 0.214. The van der Waals surface area contributed by atoms with E-state index in [1.807, 2.05) is 6.07 Å². The van der Waals surface area contributed by atoms with E-state index in [0.717, 1.165) is 6.42 Å². The molecule has 0 aliphatic heterocycles. The van der Waals surface area contributed by atoms with Crippen molar-refractivity contribution in [3.63, 3.8) is 0 Å². The fourth-order valence-corrected chi connectivity index (χ4v) is 2.17. The van der Waals surface area contributed by atoms with Crippen LogP contribution in [0.5, 0.6) is 0 Å². The molecule has 1 aromatic carbocycles. The van der Waals surface area contributed by atoms with Crippen molar-refractivity contribution < 1.29 is 9.18 Å². The molecule has 3 nitrogen and oxygen atoms in total. The molecule has 0 unspecified atom stereocenters. The van der Waals surface area contributed by atoms with Gasteiger partial charge in [-0.3, -0.25) is 4.79 Å². The molecule has 1 fully saturated rings. The Morgan fingerprint density at radius 3 is 2.72 bits per heavy atom. The first kappa shape index (κ1) is 12.8. The number of aryl methyl sites for hydroxylation is 1. The highest BCUT2D eigenvalue weighted by Crippen LogP contribution is 2.41. The molecule has 0 radical (unpaired) electrons. The molecular formula is C13H12ClFN2O. The van der Waals surface area contributed by atoms with Crippen LogP contribution in [0.3, 0.4) is 0 Å². The highest BCUT2D eigenvalue weighted by molar-refractivity contribution is 6.33. The maximum atomic E-state index is 13.4. The van der Waals surface area contributed by atoms with Crippen molar-refractivity contribution in [1.82, 2.24) is 0 Å². The molecular weight excluding hydrogens is 255 g/mol. The first-order valence-corrected chi connectivity index (χ1v) is 6.05. The number of carbonyl (C=O) groups is 1. The summed E-state index contributed by atoms with van der Waals surface area (Å²) in [6, 6.07) is 4.66. The van der Waals surface area contributed by atoms with E-state index in [2.05, 4.69) is 5.32 Å². The number of benzene rings is 1. The van der Waals surface area contributed by atoms with E-state index < -0.39 is 17.1 Å². The van der Waals surface area contributed by atoms with E-state index in [-0.39, 0.29) is 10.7 Å². The molecule has 1 aromatic rings. The van der Waals surface area contributed by atoms with Crippen LogP contribution in [0.25, 0.3) is 0 Å². The first-order valence-electron chi connectivity index (χ1n) is 5.67. The van der Waals surface area contributed by atoms with Gasteiger partial charge in [0.2, 0.25) is 5.91 Å². The summed E-state index contributed by atoms with van der Waals surface area (Å²) in [4.78, 5) is 12.0. The summed E-state index contributed by atoms with van der Waals surface area (Å²) < 4.78 is 13.4. The SMILES string of the molecule is Cc1cc(Cl)c(NC(=O)C2(C#N)CCC2)cc1F. The van der Waals surface area contributed by atoms with Crippen molar-refractivity contribution in [2.75, 3.05) is 5.32 Å². The number of hydrogen-bond donors (Lipinski definition) is 1. The molecule has 18 heavy (non-hydrogen) atoms. The smallest absolute Gasteiger partial charge is 0.244 e. The third-order valence-electron chi connectivity index (χ3n) is 3.35. The Kier molecular flexibility index (Phi) is 3.27. The Labute approximate surface area is 110 Å². The predicted octanol–water partition coefficient (Wildman–Crippen LogP) is 3.42. The molecule has 0 heterocycles. The van der Waals surface area contributed by atoms with E-state index in [1.165, 1.54) is 12.1 Å². The van der Waals surface area contributed by atoms with Crippen LogP contribution < -0.4 is 5.32 Å². The van der Waals surface area contributed by atoms with Crippen LogP contribution in [0.15, 0.2) is 12.1 Å². The second kappa shape index (κ2) is 4.58. The zero-order chi connectivity index (χ0) is 13.3. The number of halogens is 2. The zero-order valence-electron chi connectivity index (χ0n) is 9.89. The van der Waals surface area contributed by atoms with Crippen LogP contribution in [0.1, 0.15) is 24.8 Å². The van der Waals surface area contributed by atoms with Crippen LogP contribution in [-0.2, 0) is 4.79 Å². The predicted molar refractivity (Wildman–Crippen MR) is 66.7 cm³/mol. The van der Waals surface area contributed by atoms with Gasteiger partial charge in [-0.2, -0.15) is 5.26 Å². The first-order chi connectivity index (χ1) is 8.48. The zero-order valence-corrected chi connectivity index (χ0v) is 10.6. The van der Waals surface area contributed by atoms with Crippen LogP contribution in [0.2, 0.25) is 5.02 Å². The van der Waals surface area contributed by atoms with Crippen molar-refractivity contribution >= 4 is 23.2 Å². The molecule has 1 saturated carbocycles. The molecule has 0 spiro atoms. The van der Waals surface area contributed by atoms with Gasteiger partial charge in [0.1, 0.15) is 11.2 Å². The van der Waals surface area contributed by atoms with Crippen molar-refractivity contribution in [2.45, 2.75) is 26.2 Å². The summed E-state index contributed by atoms with van der Waals surface area (Å²) >= 11 is 5.94. The third kappa shape index (κ3) is 2.06. The lowest BCUT2D eigenvalue weighted by Crippen LogP contribution is -2.40. The molecule has 1 N–H and O–H groups in total. The van der Waals surface area contributed by atoms with Gasteiger partial charge in [-0.1, -0.05) is 11.6 Å². The van der Waals surface area contributed by atoms with E-state index in [0.29, 0.717) is 18.4 Å². The maximum Gasteiger partial charge on any atom is 0.244 e. The van der Waals surface area contributed by atoms with E-state index in [1.54, 1.807) is 6.92 Å². The summed E-state index contributed by atoms with van der Waals surface area (Å²) in [5.74, 6) is -0.837. The maximum absolute atomic E-state index is 13.4. The highest BCUT2D eigenvalue weighted by atomic mass is 35.5. The number of hydrogen-bond acceptors (Lipinski definition) is 2. The van der Waals surface area contributed by atoms with Gasteiger partial charge in [-0.05, 0) is 43.9 Å². The van der Waals surface area contributed by atoms with Crippen LogP contribution in [0, 0.1) is 29.5 Å². The summed E-state index contributed by atoms with van der Waals surface area (Å²) in [5.41, 5.74) is -0.340. The lowest BCUT2D eigenvalue weighted by molar-refractivity contribution is -0.126. The van der Waals surface area contributed by atoms with Crippen molar-refractivity contribution in [1.29, 1.82) is 5.26 Å². The molecule has 1 amide bonds. The van der Waals surface area contributed by atoms with E-state index in [4.69, 9.17) is 16.9 Å². The van der Waals surface area contributed by atoms with Gasteiger partial charge in [-0.15, -0.1) is 0 Å². The standard InChI is InChI=1S/C13H12ClFN2O/c1-8-5-9(14)11(6-10(8)15)17-12(18)13(7-16)3-2-4-13/h5-6H,2-4H2,1H3,(H,17,18). The van der Waals surface area contributed by atoms with Crippen molar-refractivity contribution in [3.05, 3.63) is 28.5 Å². The second-order valence-corrected chi connectivity index (χ2v) is 4.99. The van der Waals surface area contributed by atoms with Gasteiger partial charge in [0, 0.05) is 0 Å². The van der Waals surface area contributed by atoms with Gasteiger partial charge in [0.25, 0.3) is 0 Å². The van der Waals surface area contributed by atoms with Crippen molar-refractivity contribution in [3.8, 4) is 6.07 Å². The second-order valence-electron chi connectivity index (χ2n) is 4.58. The molecule has 2 rings (SSSR count). The van der Waals surface area contributed by atoms with Gasteiger partial charge in [0.15, 0.2) is 0 Å². The van der Waals surface area contributed by atoms with Gasteiger partial charge < -0.3 is 5.32 Å². The average Bonchev–Trinajstić information content (AvgIpc) is 2.25. The average molecular weight is 267 g/mol. The van der Waals surface area contributed by atoms with E-state index in [9.17, 15) is 9.18 Å². The van der Waals surface area contributed by atoms with Gasteiger partial charge in [0.05, 0.1) is 16.8 Å². The number of anilines is 1. The normalized spacial score (nSPS) is 16.6. The van der Waals surface area contributed by atoms with Crippen LogP contribution in [-0.4, -0.2) is 5.91 Å². The number of nitrogens with one attached hydrogen (secondary N) is 1. The molecule has 1 aliphatic rings. The molecule has 0 atom stereocenters. The lowest BCUT2D eigenvalue weighted by atomic mass is 9.69. The number of amides is 1. The summed E-state index contributed by atoms with van der Waals surface area (Å²) in [5, 5.41) is 11.8.